The Morgan fingerprint density at radius 2 is 1.31 bits per heavy atom. The number of nitrogens with one attached hydrogen (secondary N) is 1. The molecule has 0 spiro atoms. The van der Waals surface area contributed by atoms with Crippen molar-refractivity contribution in [3.8, 4) is 39.7 Å². The van der Waals surface area contributed by atoms with Crippen molar-refractivity contribution in [2.75, 3.05) is 78.4 Å². The molecule has 0 aliphatic heterocycles. The maximum Gasteiger partial charge on any atom is 0.317 e. The van der Waals surface area contributed by atoms with Gasteiger partial charge in [0, 0.05) is 38.9 Å². The number of ether oxygens (including phenoxy) is 1. The smallest absolute Gasteiger partial charge is 0.317 e. The summed E-state index contributed by atoms with van der Waals surface area (Å²) in [6.45, 7) is -1.02. The zero-order valence-electron chi connectivity index (χ0n) is 30.2. The molecule has 0 radical (unpaired) electrons. The van der Waals surface area contributed by atoms with Gasteiger partial charge in [0.15, 0.2) is 0 Å². The summed E-state index contributed by atoms with van der Waals surface area (Å²) < 4.78 is 5.32. The number of benzene rings is 1. The third kappa shape index (κ3) is 13.7. The fourth-order valence-electron chi connectivity index (χ4n) is 5.63. The van der Waals surface area contributed by atoms with Crippen LogP contribution in [0.15, 0.2) is 72.9 Å². The lowest BCUT2D eigenvalue weighted by molar-refractivity contribution is -0.244. The second-order valence-electron chi connectivity index (χ2n) is 12.4. The summed E-state index contributed by atoms with van der Waals surface area (Å²) in [4.78, 5) is 69.7. The molecule has 18 nitrogen and oxygen atoms in total. The van der Waals surface area contributed by atoms with Gasteiger partial charge in [0.05, 0.1) is 80.6 Å². The van der Waals surface area contributed by atoms with Gasteiger partial charge >= 0.3 is 17.9 Å². The van der Waals surface area contributed by atoms with Crippen LogP contribution in [0.3, 0.4) is 0 Å². The number of nitrogens with zero attached hydrogens (tertiary/aromatic N) is 6. The molecule has 1 aromatic carbocycles. The molecule has 292 valence electrons. The zero-order valence-corrected chi connectivity index (χ0v) is 30.2. The van der Waals surface area contributed by atoms with Gasteiger partial charge in [-0.3, -0.25) is 44.1 Å². The maximum absolute atomic E-state index is 13.1. The normalized spacial score (nSPS) is 11.2. The molecule has 3 aromatic heterocycles. The van der Waals surface area contributed by atoms with E-state index in [2.05, 4.69) is 15.2 Å². The number of methoxy groups -OCH3 is 1. The number of aromatic nitrogens is 3. The van der Waals surface area contributed by atoms with Crippen molar-refractivity contribution in [1.29, 1.82) is 0 Å². The summed E-state index contributed by atoms with van der Waals surface area (Å²) in [5.74, 6) is -3.44. The molecule has 18 heteroatoms. The molecular weight excluding hydrogens is 716 g/mol. The van der Waals surface area contributed by atoms with Crippen LogP contribution in [0, 0.1) is 0 Å². The summed E-state index contributed by atoms with van der Waals surface area (Å²) in [5, 5.41) is 39.5. The number of aliphatic carboxylic acids is 3. The first-order chi connectivity index (χ1) is 26.4. The molecule has 3 heterocycles. The van der Waals surface area contributed by atoms with Gasteiger partial charge in [0.25, 0.3) is 0 Å². The van der Waals surface area contributed by atoms with Crippen LogP contribution in [0.1, 0.15) is 5.69 Å². The van der Waals surface area contributed by atoms with Gasteiger partial charge in [-0.1, -0.05) is 18.2 Å². The Morgan fingerprint density at radius 1 is 0.691 bits per heavy atom. The standard InChI is InChI=1S/C37H44N8O10/c1-54-33-9-8-25(17-28(33)38)26-18-31(29-6-2-3-10-39-29)42-32(19-26)30-7-4-5-27(41-30)20-40-34(46)21-44(22-35(47)48)13-11-43(15-16-55-53)12-14-45(23-36(49)50)24-37(51)52/h2-10,17-19,53H,11-16,20-24,38H2,1H3,(H,40,46)(H,47,48)(H,49,50)(H,51,52). The van der Waals surface area contributed by atoms with E-state index in [1.807, 2.05) is 42.5 Å². The highest BCUT2D eigenvalue weighted by Gasteiger charge is 2.19. The number of carbonyl (C=O) groups is 4. The number of pyridine rings is 3. The summed E-state index contributed by atoms with van der Waals surface area (Å²) in [6.07, 6.45) is 1.68. The van der Waals surface area contributed by atoms with Crippen molar-refractivity contribution in [3.05, 3.63) is 78.6 Å². The monoisotopic (exact) mass is 760 g/mol. The molecule has 4 aromatic rings. The van der Waals surface area contributed by atoms with Crippen LogP contribution in [0.25, 0.3) is 33.9 Å². The van der Waals surface area contributed by atoms with E-state index in [0.29, 0.717) is 39.9 Å². The lowest BCUT2D eigenvalue weighted by atomic mass is 10.0. The predicted octanol–water partition coefficient (Wildman–Crippen LogP) is 1.73. The fourth-order valence-corrected chi connectivity index (χ4v) is 5.63. The number of anilines is 1. The third-order valence-electron chi connectivity index (χ3n) is 8.26. The van der Waals surface area contributed by atoms with E-state index in [0.717, 1.165) is 11.1 Å². The zero-order chi connectivity index (χ0) is 39.7. The number of nitrogens with two attached hydrogens (primary N) is 1. The van der Waals surface area contributed by atoms with E-state index in [1.165, 1.54) is 9.80 Å². The Kier molecular flexibility index (Phi) is 15.9. The SMILES string of the molecule is COc1ccc(-c2cc(-c3ccccn3)nc(-c3cccc(CNC(=O)CN(CCN(CCOO)CCN(CC(=O)O)CC(=O)O)CC(=O)O)n3)c2)cc1N. The number of rotatable bonds is 23. The van der Waals surface area contributed by atoms with Crippen molar-refractivity contribution in [3.63, 3.8) is 0 Å². The summed E-state index contributed by atoms with van der Waals surface area (Å²) >= 11 is 0. The van der Waals surface area contributed by atoms with Crippen LogP contribution in [-0.4, -0.2) is 147 Å². The van der Waals surface area contributed by atoms with E-state index in [9.17, 15) is 24.3 Å². The van der Waals surface area contributed by atoms with Crippen LogP contribution in [-0.2, 0) is 30.6 Å². The highest BCUT2D eigenvalue weighted by Crippen LogP contribution is 2.32. The molecule has 55 heavy (non-hydrogen) atoms. The first-order valence-corrected chi connectivity index (χ1v) is 17.1. The molecule has 1 amide bonds. The van der Waals surface area contributed by atoms with Crippen LogP contribution >= 0.6 is 0 Å². The van der Waals surface area contributed by atoms with E-state index < -0.39 is 43.4 Å². The van der Waals surface area contributed by atoms with Gasteiger partial charge in [0.1, 0.15) is 5.75 Å². The van der Waals surface area contributed by atoms with Gasteiger partial charge < -0.3 is 31.1 Å². The molecule has 4 rings (SSSR count). The Hall–Kier alpha value is -6.05. The number of amides is 1. The van der Waals surface area contributed by atoms with Gasteiger partial charge in [-0.25, -0.2) is 14.9 Å². The fraction of sp³-hybridized carbons (Fsp3) is 0.324. The molecule has 0 aliphatic carbocycles. The molecular formula is C37H44N8O10. The molecule has 0 aliphatic rings. The van der Waals surface area contributed by atoms with Gasteiger partial charge in [-0.2, -0.15) is 0 Å². The lowest BCUT2D eigenvalue weighted by Crippen LogP contribution is -2.46. The lowest BCUT2D eigenvalue weighted by Gasteiger charge is -2.28. The number of carboxylic acid groups (broad SMARTS) is 3. The summed E-state index contributed by atoms with van der Waals surface area (Å²) in [6, 6.07) is 20.1. The van der Waals surface area contributed by atoms with E-state index in [4.69, 9.17) is 35.9 Å². The number of carbonyl (C=O) groups excluding carboxylic acids is 1. The summed E-state index contributed by atoms with van der Waals surface area (Å²) in [5.41, 5.74) is 11.2. The van der Waals surface area contributed by atoms with Crippen molar-refractivity contribution < 1.29 is 49.4 Å². The van der Waals surface area contributed by atoms with Crippen molar-refractivity contribution in [2.24, 2.45) is 0 Å². The van der Waals surface area contributed by atoms with Crippen molar-refractivity contribution in [2.45, 2.75) is 6.54 Å². The molecule has 0 saturated carbocycles. The first kappa shape index (κ1) is 41.7. The van der Waals surface area contributed by atoms with E-state index >= 15 is 0 Å². The van der Waals surface area contributed by atoms with E-state index in [-0.39, 0.29) is 52.4 Å². The molecule has 0 unspecified atom stereocenters. The molecule has 7 N–H and O–H groups in total. The third-order valence-corrected chi connectivity index (χ3v) is 8.26. The Balaban J connectivity index is 1.45. The Morgan fingerprint density at radius 3 is 1.89 bits per heavy atom. The molecule has 0 saturated heterocycles. The maximum atomic E-state index is 13.1. The topological polar surface area (TPSA) is 254 Å². The van der Waals surface area contributed by atoms with Crippen LogP contribution in [0.4, 0.5) is 5.69 Å². The number of carboxylic acids is 3. The minimum absolute atomic E-state index is 0.0400. The van der Waals surface area contributed by atoms with Crippen molar-refractivity contribution in [1.82, 2.24) is 35.0 Å². The minimum atomic E-state index is -1.19. The highest BCUT2D eigenvalue weighted by molar-refractivity contribution is 5.79. The molecule has 0 fully saturated rings. The largest absolute Gasteiger partial charge is 0.495 e. The number of nitrogen functional groups attached to an aromatic ring is 1. The second-order valence-corrected chi connectivity index (χ2v) is 12.4. The van der Waals surface area contributed by atoms with E-state index in [1.54, 1.807) is 42.5 Å². The van der Waals surface area contributed by atoms with Gasteiger partial charge in [0.2, 0.25) is 5.91 Å². The average molecular weight is 761 g/mol. The van der Waals surface area contributed by atoms with Gasteiger partial charge in [-0.15, -0.1) is 0 Å². The number of hydrogen-bond donors (Lipinski definition) is 6. The minimum Gasteiger partial charge on any atom is -0.495 e. The summed E-state index contributed by atoms with van der Waals surface area (Å²) in [7, 11) is 1.55. The van der Waals surface area contributed by atoms with Crippen LogP contribution < -0.4 is 15.8 Å². The Bertz CT molecular complexity index is 1900. The molecule has 0 atom stereocenters. The Labute approximate surface area is 316 Å². The van der Waals surface area contributed by atoms with Crippen LogP contribution in [0.2, 0.25) is 0 Å². The first-order valence-electron chi connectivity index (χ1n) is 17.1. The van der Waals surface area contributed by atoms with Crippen molar-refractivity contribution >= 4 is 29.5 Å². The van der Waals surface area contributed by atoms with Crippen LogP contribution in [0.5, 0.6) is 5.75 Å². The second kappa shape index (κ2) is 21.0. The number of hydrogen-bond acceptors (Lipinski definition) is 14. The predicted molar refractivity (Wildman–Crippen MR) is 200 cm³/mol. The highest BCUT2D eigenvalue weighted by atomic mass is 17.1. The quantitative estimate of drug-likeness (QED) is 0.0358. The van der Waals surface area contributed by atoms with Gasteiger partial charge in [-0.05, 0) is 59.7 Å². The average Bonchev–Trinajstić information content (AvgIpc) is 3.16. The molecule has 0 bridgehead atoms.